The van der Waals surface area contributed by atoms with E-state index in [9.17, 15) is 14.4 Å². The van der Waals surface area contributed by atoms with E-state index in [1.807, 2.05) is 48.7 Å². The number of amides is 2. The van der Waals surface area contributed by atoms with Crippen LogP contribution in [0, 0.1) is 13.8 Å². The minimum absolute atomic E-state index is 0.0726. The lowest BCUT2D eigenvalue weighted by Gasteiger charge is -2.16. The number of rotatable bonds is 5. The molecule has 3 heterocycles. The molecule has 0 spiro atoms. The lowest BCUT2D eigenvalue weighted by Crippen LogP contribution is -2.35. The fourth-order valence-electron chi connectivity index (χ4n) is 3.46. The van der Waals surface area contributed by atoms with E-state index >= 15 is 0 Å². The fraction of sp³-hybridized carbons (Fsp3) is 0.217. The van der Waals surface area contributed by atoms with Gasteiger partial charge in [-0.15, -0.1) is 11.3 Å². The summed E-state index contributed by atoms with van der Waals surface area (Å²) in [7, 11) is 3.32. The standard InChI is InChI=1S/C23H23N5O3S2/c1-14-10-11-32-18(14)12-17-21(30)27(23(25-17)33-13-19(29)24-3)20-15(2)26(4)28(22(20)31)16-8-6-5-7-9-16/h5-12H,13H2,1-4H3,(H,24,29)/b17-12-. The number of aryl methyl sites for hydroxylation is 1. The van der Waals surface area contributed by atoms with Crippen molar-refractivity contribution in [2.24, 2.45) is 12.0 Å². The van der Waals surface area contributed by atoms with Crippen LogP contribution in [0.2, 0.25) is 0 Å². The van der Waals surface area contributed by atoms with Gasteiger partial charge in [0.15, 0.2) is 5.17 Å². The highest BCUT2D eigenvalue weighted by molar-refractivity contribution is 8.14. The van der Waals surface area contributed by atoms with Gasteiger partial charge in [-0.05, 0) is 49.1 Å². The van der Waals surface area contributed by atoms with Gasteiger partial charge >= 0.3 is 0 Å². The predicted octanol–water partition coefficient (Wildman–Crippen LogP) is 3.08. The molecule has 0 bridgehead atoms. The van der Waals surface area contributed by atoms with Crippen LogP contribution >= 0.6 is 23.1 Å². The van der Waals surface area contributed by atoms with Crippen LogP contribution in [0.3, 0.4) is 0 Å². The molecule has 0 radical (unpaired) electrons. The normalized spacial score (nSPS) is 14.8. The number of thiophene rings is 1. The molecule has 170 valence electrons. The monoisotopic (exact) mass is 481 g/mol. The van der Waals surface area contributed by atoms with Gasteiger partial charge in [0, 0.05) is 19.0 Å². The maximum atomic E-state index is 13.5. The Morgan fingerprint density at radius 2 is 1.91 bits per heavy atom. The van der Waals surface area contributed by atoms with Crippen molar-refractivity contribution in [3.05, 3.63) is 74.0 Å². The van der Waals surface area contributed by atoms with E-state index in [4.69, 9.17) is 0 Å². The number of hydrogen-bond acceptors (Lipinski definition) is 6. The van der Waals surface area contributed by atoms with Gasteiger partial charge < -0.3 is 5.32 Å². The summed E-state index contributed by atoms with van der Waals surface area (Å²) < 4.78 is 3.23. The van der Waals surface area contributed by atoms with E-state index in [-0.39, 0.29) is 28.6 Å². The second-order valence-electron chi connectivity index (χ2n) is 7.40. The van der Waals surface area contributed by atoms with Gasteiger partial charge in [0.25, 0.3) is 11.5 Å². The quantitative estimate of drug-likeness (QED) is 0.568. The molecule has 0 unspecified atom stereocenters. The Hall–Kier alpha value is -3.37. The van der Waals surface area contributed by atoms with Gasteiger partial charge in [-0.25, -0.2) is 14.6 Å². The Morgan fingerprint density at radius 3 is 2.55 bits per heavy atom. The second-order valence-corrected chi connectivity index (χ2v) is 9.29. The van der Waals surface area contributed by atoms with Gasteiger partial charge in [-0.3, -0.25) is 19.1 Å². The third-order valence-corrected chi connectivity index (χ3v) is 7.26. The van der Waals surface area contributed by atoms with Crippen LogP contribution < -0.4 is 15.8 Å². The molecule has 0 saturated heterocycles. The summed E-state index contributed by atoms with van der Waals surface area (Å²) in [5.41, 5.74) is 2.45. The molecular weight excluding hydrogens is 458 g/mol. The lowest BCUT2D eigenvalue weighted by molar-refractivity contribution is -0.118. The zero-order chi connectivity index (χ0) is 23.7. The molecule has 2 amide bonds. The van der Waals surface area contributed by atoms with E-state index in [1.54, 1.807) is 31.8 Å². The number of nitrogens with zero attached hydrogens (tertiary/aromatic N) is 4. The van der Waals surface area contributed by atoms with Crippen LogP contribution in [0.15, 0.2) is 57.3 Å². The van der Waals surface area contributed by atoms with E-state index in [1.165, 1.54) is 20.9 Å². The molecule has 4 rings (SSSR count). The number of aromatic nitrogens is 2. The number of benzene rings is 1. The largest absolute Gasteiger partial charge is 0.358 e. The first kappa shape index (κ1) is 22.8. The van der Waals surface area contributed by atoms with Crippen LogP contribution in [0.25, 0.3) is 11.8 Å². The van der Waals surface area contributed by atoms with Crippen molar-refractivity contribution in [2.45, 2.75) is 13.8 Å². The number of nitrogens with one attached hydrogen (secondary N) is 1. The zero-order valence-electron chi connectivity index (χ0n) is 18.7. The maximum absolute atomic E-state index is 13.5. The molecule has 8 nitrogen and oxygen atoms in total. The van der Waals surface area contributed by atoms with Crippen molar-refractivity contribution in [1.82, 2.24) is 14.7 Å². The van der Waals surface area contributed by atoms with Gasteiger partial charge in [-0.2, -0.15) is 0 Å². The first-order chi connectivity index (χ1) is 15.8. The summed E-state index contributed by atoms with van der Waals surface area (Å²) >= 11 is 2.63. The molecule has 33 heavy (non-hydrogen) atoms. The number of aliphatic imine (C=N–C) groups is 1. The van der Waals surface area contributed by atoms with E-state index in [0.29, 0.717) is 16.5 Å². The third-order valence-electron chi connectivity index (χ3n) is 5.36. The summed E-state index contributed by atoms with van der Waals surface area (Å²) in [6.07, 6.45) is 1.73. The molecular formula is C23H23N5O3S2. The number of para-hydroxylation sites is 1. The summed E-state index contributed by atoms with van der Waals surface area (Å²) in [6, 6.07) is 11.2. The Bertz CT molecular complexity index is 1350. The van der Waals surface area contributed by atoms with Crippen LogP contribution in [0.5, 0.6) is 0 Å². The minimum Gasteiger partial charge on any atom is -0.358 e. The SMILES string of the molecule is CNC(=O)CSC1=N/C(=C\c2sccc2C)C(=O)N1c1c(C)n(C)n(-c2ccccc2)c1=O. The number of carbonyl (C=O) groups is 2. The summed E-state index contributed by atoms with van der Waals surface area (Å²) in [4.78, 5) is 45.7. The Balaban J connectivity index is 1.83. The Morgan fingerprint density at radius 1 is 1.18 bits per heavy atom. The van der Waals surface area contributed by atoms with E-state index < -0.39 is 5.91 Å². The molecule has 3 aromatic rings. The van der Waals surface area contributed by atoms with Crippen molar-refractivity contribution in [2.75, 3.05) is 17.7 Å². The lowest BCUT2D eigenvalue weighted by atomic mass is 10.2. The Labute approximate surface area is 199 Å². The van der Waals surface area contributed by atoms with Crippen molar-refractivity contribution in [3.63, 3.8) is 0 Å². The second kappa shape index (κ2) is 9.24. The highest BCUT2D eigenvalue weighted by Gasteiger charge is 2.37. The average molecular weight is 482 g/mol. The van der Waals surface area contributed by atoms with Crippen molar-refractivity contribution in [1.29, 1.82) is 0 Å². The first-order valence-corrected chi connectivity index (χ1v) is 12.1. The molecule has 0 saturated carbocycles. The molecule has 1 aliphatic heterocycles. The third kappa shape index (κ3) is 4.19. The predicted molar refractivity (Wildman–Crippen MR) is 134 cm³/mol. The molecule has 0 aliphatic carbocycles. The van der Waals surface area contributed by atoms with Crippen LogP contribution in [0.1, 0.15) is 16.1 Å². The average Bonchev–Trinajstić information content (AvgIpc) is 3.42. The summed E-state index contributed by atoms with van der Waals surface area (Å²) in [5.74, 6) is -0.523. The smallest absolute Gasteiger partial charge is 0.296 e. The molecule has 10 heteroatoms. The van der Waals surface area contributed by atoms with E-state index in [0.717, 1.165) is 22.2 Å². The Kier molecular flexibility index (Phi) is 6.39. The number of anilines is 1. The van der Waals surface area contributed by atoms with Crippen molar-refractivity contribution >= 4 is 51.8 Å². The molecule has 1 aromatic carbocycles. The van der Waals surface area contributed by atoms with Gasteiger partial charge in [-0.1, -0.05) is 30.0 Å². The highest BCUT2D eigenvalue weighted by atomic mass is 32.2. The van der Waals surface area contributed by atoms with Gasteiger partial charge in [0.05, 0.1) is 17.1 Å². The van der Waals surface area contributed by atoms with E-state index in [2.05, 4.69) is 10.3 Å². The summed E-state index contributed by atoms with van der Waals surface area (Å²) in [6.45, 7) is 3.75. The molecule has 0 fully saturated rings. The topological polar surface area (TPSA) is 88.7 Å². The zero-order valence-corrected chi connectivity index (χ0v) is 20.3. The summed E-state index contributed by atoms with van der Waals surface area (Å²) in [5, 5.41) is 4.82. The first-order valence-electron chi connectivity index (χ1n) is 10.2. The van der Waals surface area contributed by atoms with Crippen molar-refractivity contribution in [3.8, 4) is 5.69 Å². The number of carbonyl (C=O) groups excluding carboxylic acids is 2. The molecule has 1 N–H and O–H groups in total. The highest BCUT2D eigenvalue weighted by Crippen LogP contribution is 2.31. The molecule has 2 aromatic heterocycles. The van der Waals surface area contributed by atoms with Crippen molar-refractivity contribution < 1.29 is 9.59 Å². The van der Waals surface area contributed by atoms with Gasteiger partial charge in [0.1, 0.15) is 11.4 Å². The van der Waals surface area contributed by atoms with Crippen LogP contribution in [-0.4, -0.2) is 39.1 Å². The molecule has 1 aliphatic rings. The number of thioether (sulfide) groups is 1. The maximum Gasteiger partial charge on any atom is 0.296 e. The minimum atomic E-state index is -0.395. The number of hydrogen-bond donors (Lipinski definition) is 1. The number of amidine groups is 1. The van der Waals surface area contributed by atoms with Crippen LogP contribution in [0.4, 0.5) is 5.69 Å². The van der Waals surface area contributed by atoms with Gasteiger partial charge in [0.2, 0.25) is 5.91 Å². The fourth-order valence-corrected chi connectivity index (χ4v) is 5.18. The molecule has 0 atom stereocenters. The van der Waals surface area contributed by atoms with Crippen LogP contribution in [-0.2, 0) is 16.6 Å².